The van der Waals surface area contributed by atoms with E-state index >= 15 is 0 Å². The van der Waals surface area contributed by atoms with Crippen molar-refractivity contribution in [2.75, 3.05) is 50.7 Å². The molecule has 0 spiro atoms. The molecular formula is C18H26N8O2S. The van der Waals surface area contributed by atoms with Crippen LogP contribution in [0.4, 0.5) is 5.95 Å². The molecule has 29 heavy (non-hydrogen) atoms. The normalized spacial score (nSPS) is 15.4. The Balaban J connectivity index is 1.52. The molecule has 0 aromatic carbocycles. The smallest absolute Gasteiger partial charge is 0.242 e. The van der Waals surface area contributed by atoms with E-state index in [1.165, 1.54) is 18.5 Å². The second-order valence-corrected chi connectivity index (χ2v) is 8.11. The fourth-order valence-corrected chi connectivity index (χ4v) is 3.91. The standard InChI is InChI=1S/C18H26N8O2S/c1-2-20-17(23-9-10-24-29(27,28)16-5-3-6-19-15-16)25-11-13-26(14-12-25)18-21-7-4-8-22-18/h3-8,15,24H,2,9-14H2,1H3,(H,20,23). The van der Waals surface area contributed by atoms with Gasteiger partial charge in [0.15, 0.2) is 5.96 Å². The molecule has 0 atom stereocenters. The van der Waals surface area contributed by atoms with Crippen molar-refractivity contribution in [1.82, 2.24) is 29.9 Å². The molecule has 3 rings (SSSR count). The number of sulfonamides is 1. The van der Waals surface area contributed by atoms with Gasteiger partial charge in [-0.3, -0.25) is 9.98 Å². The van der Waals surface area contributed by atoms with Crippen LogP contribution in [-0.2, 0) is 10.0 Å². The van der Waals surface area contributed by atoms with E-state index in [9.17, 15) is 8.42 Å². The van der Waals surface area contributed by atoms with Gasteiger partial charge in [-0.2, -0.15) is 0 Å². The van der Waals surface area contributed by atoms with Crippen molar-refractivity contribution in [1.29, 1.82) is 0 Å². The number of guanidine groups is 1. The highest BCUT2D eigenvalue weighted by Crippen LogP contribution is 2.10. The summed E-state index contributed by atoms with van der Waals surface area (Å²) >= 11 is 0. The van der Waals surface area contributed by atoms with Crippen LogP contribution >= 0.6 is 0 Å². The molecule has 3 heterocycles. The van der Waals surface area contributed by atoms with Crippen molar-refractivity contribution in [3.8, 4) is 0 Å². The Labute approximate surface area is 171 Å². The lowest BCUT2D eigenvalue weighted by molar-refractivity contribution is 0.370. The van der Waals surface area contributed by atoms with Gasteiger partial charge in [-0.1, -0.05) is 0 Å². The maximum atomic E-state index is 12.2. The Morgan fingerprint density at radius 2 is 1.90 bits per heavy atom. The number of nitrogens with one attached hydrogen (secondary N) is 2. The van der Waals surface area contributed by atoms with Crippen LogP contribution in [0.2, 0.25) is 0 Å². The van der Waals surface area contributed by atoms with E-state index in [1.54, 1.807) is 24.5 Å². The quantitative estimate of drug-likeness (QED) is 0.365. The first-order valence-corrected chi connectivity index (χ1v) is 11.0. The van der Waals surface area contributed by atoms with E-state index in [2.05, 4.69) is 39.8 Å². The number of aromatic nitrogens is 3. The topological polar surface area (TPSA) is 116 Å². The van der Waals surface area contributed by atoms with Crippen LogP contribution in [-0.4, -0.2) is 80.0 Å². The molecule has 2 aromatic heterocycles. The van der Waals surface area contributed by atoms with E-state index in [1.807, 2.05) is 6.92 Å². The fourth-order valence-electron chi connectivity index (χ4n) is 2.93. The first-order valence-electron chi connectivity index (χ1n) is 9.55. The zero-order valence-corrected chi connectivity index (χ0v) is 17.2. The van der Waals surface area contributed by atoms with Gasteiger partial charge in [-0.05, 0) is 25.1 Å². The summed E-state index contributed by atoms with van der Waals surface area (Å²) < 4.78 is 27.0. The van der Waals surface area contributed by atoms with E-state index in [0.29, 0.717) is 6.54 Å². The van der Waals surface area contributed by atoms with Crippen LogP contribution < -0.4 is 14.9 Å². The molecule has 1 saturated heterocycles. The monoisotopic (exact) mass is 418 g/mol. The van der Waals surface area contributed by atoms with Gasteiger partial charge in [0.2, 0.25) is 16.0 Å². The van der Waals surface area contributed by atoms with Crippen LogP contribution in [0.25, 0.3) is 0 Å². The Morgan fingerprint density at radius 3 is 2.55 bits per heavy atom. The number of rotatable bonds is 7. The summed E-state index contributed by atoms with van der Waals surface area (Å²) in [6.07, 6.45) is 6.35. The number of pyridine rings is 1. The van der Waals surface area contributed by atoms with Crippen molar-refractivity contribution in [2.24, 2.45) is 4.99 Å². The number of hydrogen-bond donors (Lipinski definition) is 2. The van der Waals surface area contributed by atoms with Gasteiger partial charge in [-0.25, -0.2) is 23.1 Å². The van der Waals surface area contributed by atoms with Crippen molar-refractivity contribution in [3.05, 3.63) is 43.0 Å². The Morgan fingerprint density at radius 1 is 1.14 bits per heavy atom. The third kappa shape index (κ3) is 5.84. The minimum atomic E-state index is -3.57. The predicted molar refractivity (Wildman–Crippen MR) is 111 cm³/mol. The average Bonchev–Trinajstić information content (AvgIpc) is 2.77. The van der Waals surface area contributed by atoms with Gasteiger partial charge >= 0.3 is 0 Å². The summed E-state index contributed by atoms with van der Waals surface area (Å²) in [5, 5.41) is 3.28. The second kappa shape index (κ2) is 10.1. The first kappa shape index (κ1) is 20.9. The van der Waals surface area contributed by atoms with E-state index in [-0.39, 0.29) is 11.4 Å². The molecule has 10 nitrogen and oxygen atoms in total. The third-order valence-corrected chi connectivity index (χ3v) is 5.81. The molecule has 0 radical (unpaired) electrons. The molecule has 0 saturated carbocycles. The minimum absolute atomic E-state index is 0.148. The lowest BCUT2D eigenvalue weighted by Gasteiger charge is -2.36. The van der Waals surface area contributed by atoms with Crippen molar-refractivity contribution in [2.45, 2.75) is 11.8 Å². The van der Waals surface area contributed by atoms with Gasteiger partial charge in [0.05, 0.1) is 6.54 Å². The van der Waals surface area contributed by atoms with Gasteiger partial charge < -0.3 is 15.1 Å². The molecule has 1 fully saturated rings. The van der Waals surface area contributed by atoms with Crippen molar-refractivity contribution in [3.63, 3.8) is 0 Å². The van der Waals surface area contributed by atoms with Crippen molar-refractivity contribution < 1.29 is 8.42 Å². The molecular weight excluding hydrogens is 392 g/mol. The average molecular weight is 419 g/mol. The maximum Gasteiger partial charge on any atom is 0.242 e. The van der Waals surface area contributed by atoms with E-state index in [0.717, 1.165) is 44.6 Å². The molecule has 11 heteroatoms. The van der Waals surface area contributed by atoms with Gasteiger partial charge in [0.25, 0.3) is 0 Å². The summed E-state index contributed by atoms with van der Waals surface area (Å²) in [6, 6.07) is 4.91. The summed E-state index contributed by atoms with van der Waals surface area (Å²) in [6.45, 7) is 6.45. The van der Waals surface area contributed by atoms with Crippen LogP contribution in [0.3, 0.4) is 0 Å². The van der Waals surface area contributed by atoms with Crippen LogP contribution in [0.15, 0.2) is 52.9 Å². The van der Waals surface area contributed by atoms with Gasteiger partial charge in [-0.15, -0.1) is 0 Å². The zero-order valence-electron chi connectivity index (χ0n) is 16.4. The minimum Gasteiger partial charge on any atom is -0.357 e. The van der Waals surface area contributed by atoms with Gasteiger partial charge in [0, 0.05) is 64.1 Å². The number of piperazine rings is 1. The molecule has 2 N–H and O–H groups in total. The Hall–Kier alpha value is -2.79. The molecule has 1 aliphatic heterocycles. The highest BCUT2D eigenvalue weighted by molar-refractivity contribution is 7.89. The van der Waals surface area contributed by atoms with Gasteiger partial charge in [0.1, 0.15) is 4.90 Å². The predicted octanol–water partition coefficient (Wildman–Crippen LogP) is -0.0624. The molecule has 156 valence electrons. The van der Waals surface area contributed by atoms with Crippen LogP contribution in [0, 0.1) is 0 Å². The molecule has 0 amide bonds. The highest BCUT2D eigenvalue weighted by atomic mass is 32.2. The molecule has 1 aliphatic rings. The number of hydrogen-bond acceptors (Lipinski definition) is 7. The largest absolute Gasteiger partial charge is 0.357 e. The molecule has 0 unspecified atom stereocenters. The molecule has 0 aliphatic carbocycles. The fraction of sp³-hybridized carbons (Fsp3) is 0.444. The summed E-state index contributed by atoms with van der Waals surface area (Å²) in [7, 11) is -3.57. The van der Waals surface area contributed by atoms with E-state index < -0.39 is 10.0 Å². The molecule has 0 bridgehead atoms. The number of nitrogens with zero attached hydrogens (tertiary/aromatic N) is 6. The van der Waals surface area contributed by atoms with Crippen LogP contribution in [0.1, 0.15) is 6.92 Å². The second-order valence-electron chi connectivity index (χ2n) is 6.35. The summed E-state index contributed by atoms with van der Waals surface area (Å²) in [4.78, 5) is 21.5. The Kier molecular flexibility index (Phi) is 7.30. The lowest BCUT2D eigenvalue weighted by Crippen LogP contribution is -2.53. The Bertz CT molecular complexity index is 885. The summed E-state index contributed by atoms with van der Waals surface area (Å²) in [5.41, 5.74) is 0. The van der Waals surface area contributed by atoms with E-state index in [4.69, 9.17) is 0 Å². The molecule has 2 aromatic rings. The highest BCUT2D eigenvalue weighted by Gasteiger charge is 2.21. The third-order valence-electron chi connectivity index (χ3n) is 4.36. The summed E-state index contributed by atoms with van der Waals surface area (Å²) in [5.74, 6) is 1.51. The maximum absolute atomic E-state index is 12.2. The first-order chi connectivity index (χ1) is 14.1. The SMILES string of the molecule is CCNC(=NCCNS(=O)(=O)c1cccnc1)N1CCN(c2ncccn2)CC1. The number of aliphatic imine (C=N–C) groups is 1. The van der Waals surface area contributed by atoms with Crippen LogP contribution in [0.5, 0.6) is 0 Å². The lowest BCUT2D eigenvalue weighted by atomic mass is 10.3. The number of anilines is 1. The zero-order chi connectivity index (χ0) is 20.5. The van der Waals surface area contributed by atoms with Crippen molar-refractivity contribution >= 4 is 21.9 Å².